The van der Waals surface area contributed by atoms with Crippen molar-refractivity contribution in [3.8, 4) is 0 Å². The van der Waals surface area contributed by atoms with Crippen LogP contribution in [0.1, 0.15) is 29.9 Å². The summed E-state index contributed by atoms with van der Waals surface area (Å²) in [4.78, 5) is 4.38. The summed E-state index contributed by atoms with van der Waals surface area (Å²) < 4.78 is 5.36. The lowest BCUT2D eigenvalue weighted by Crippen LogP contribution is -2.01. The number of aliphatic hydroxyl groups is 1. The normalized spacial score (nSPS) is 12.7. The van der Waals surface area contributed by atoms with Crippen LogP contribution in [0.2, 0.25) is 0 Å². The van der Waals surface area contributed by atoms with Crippen molar-refractivity contribution < 1.29 is 9.52 Å². The first-order chi connectivity index (χ1) is 9.29. The number of aromatic nitrogens is 1. The molecule has 0 fully saturated rings. The number of para-hydroxylation sites is 1. The van der Waals surface area contributed by atoms with E-state index in [9.17, 15) is 5.11 Å². The molecule has 2 heterocycles. The van der Waals surface area contributed by atoms with Crippen LogP contribution in [-0.2, 0) is 6.42 Å². The monoisotopic (exact) mass is 253 g/mol. The molecular weight excluding hydrogens is 238 g/mol. The van der Waals surface area contributed by atoms with Crippen molar-refractivity contribution in [2.45, 2.75) is 19.4 Å². The molecule has 2 aromatic heterocycles. The molecule has 3 heteroatoms. The van der Waals surface area contributed by atoms with Crippen LogP contribution in [0.4, 0.5) is 0 Å². The van der Waals surface area contributed by atoms with E-state index in [2.05, 4.69) is 4.98 Å². The van der Waals surface area contributed by atoms with Gasteiger partial charge in [0.1, 0.15) is 11.9 Å². The zero-order valence-electron chi connectivity index (χ0n) is 10.7. The van der Waals surface area contributed by atoms with Crippen LogP contribution in [-0.4, -0.2) is 10.1 Å². The third-order valence-corrected chi connectivity index (χ3v) is 3.32. The number of rotatable bonds is 3. The lowest BCUT2D eigenvalue weighted by atomic mass is 10.0. The van der Waals surface area contributed by atoms with Gasteiger partial charge in [-0.3, -0.25) is 4.98 Å². The number of nitrogens with zero attached hydrogens (tertiary/aromatic N) is 1. The molecule has 0 saturated carbocycles. The predicted octanol–water partition coefficient (Wildman–Crippen LogP) is 3.47. The van der Waals surface area contributed by atoms with Gasteiger partial charge in [0.15, 0.2) is 0 Å². The Morgan fingerprint density at radius 2 is 2.11 bits per heavy atom. The van der Waals surface area contributed by atoms with Crippen LogP contribution in [0.3, 0.4) is 0 Å². The van der Waals surface area contributed by atoms with Gasteiger partial charge in [-0.05, 0) is 18.2 Å². The van der Waals surface area contributed by atoms with Crippen LogP contribution in [0.25, 0.3) is 10.9 Å². The highest BCUT2D eigenvalue weighted by molar-refractivity contribution is 5.78. The Balaban J connectivity index is 2.04. The van der Waals surface area contributed by atoms with Gasteiger partial charge in [-0.15, -0.1) is 0 Å². The molecule has 1 aromatic carbocycles. The van der Waals surface area contributed by atoms with Crippen molar-refractivity contribution in [2.75, 3.05) is 0 Å². The summed E-state index contributed by atoms with van der Waals surface area (Å²) in [5, 5.41) is 11.5. The number of aliphatic hydroxyl groups excluding tert-OH is 1. The van der Waals surface area contributed by atoms with E-state index in [0.29, 0.717) is 0 Å². The van der Waals surface area contributed by atoms with Crippen LogP contribution in [0.5, 0.6) is 0 Å². The fourth-order valence-corrected chi connectivity index (χ4v) is 2.30. The topological polar surface area (TPSA) is 46.3 Å². The molecular formula is C16H15NO2. The number of benzene rings is 1. The Kier molecular flexibility index (Phi) is 3.05. The van der Waals surface area contributed by atoms with Crippen molar-refractivity contribution in [1.82, 2.24) is 4.98 Å². The third-order valence-electron chi connectivity index (χ3n) is 3.32. The van der Waals surface area contributed by atoms with E-state index in [1.807, 2.05) is 43.3 Å². The highest BCUT2D eigenvalue weighted by Gasteiger charge is 2.16. The molecule has 96 valence electrons. The minimum absolute atomic E-state index is 0.689. The van der Waals surface area contributed by atoms with E-state index >= 15 is 0 Å². The second-order valence-electron chi connectivity index (χ2n) is 4.52. The zero-order chi connectivity index (χ0) is 13.2. The van der Waals surface area contributed by atoms with Gasteiger partial charge in [-0.2, -0.15) is 0 Å². The fourth-order valence-electron chi connectivity index (χ4n) is 2.30. The first-order valence-electron chi connectivity index (χ1n) is 6.38. The summed E-state index contributed by atoms with van der Waals surface area (Å²) in [5.41, 5.74) is 2.54. The average Bonchev–Trinajstić information content (AvgIpc) is 2.94. The summed E-state index contributed by atoms with van der Waals surface area (Å²) in [6, 6.07) is 11.7. The van der Waals surface area contributed by atoms with Crippen LogP contribution in [0.15, 0.2) is 53.3 Å². The summed E-state index contributed by atoms with van der Waals surface area (Å²) >= 11 is 0. The Hall–Kier alpha value is -2.13. The molecule has 0 aliphatic rings. The van der Waals surface area contributed by atoms with Gasteiger partial charge in [0, 0.05) is 29.1 Å². The van der Waals surface area contributed by atoms with Gasteiger partial charge < -0.3 is 9.52 Å². The SMILES string of the molecule is CCc1occc1C(O)c1cnc2ccccc2c1. The Morgan fingerprint density at radius 1 is 1.26 bits per heavy atom. The molecule has 0 radical (unpaired) electrons. The number of furan rings is 1. The molecule has 3 nitrogen and oxygen atoms in total. The highest BCUT2D eigenvalue weighted by atomic mass is 16.3. The minimum atomic E-state index is -0.689. The molecule has 1 unspecified atom stereocenters. The summed E-state index contributed by atoms with van der Waals surface area (Å²) in [6.45, 7) is 2.01. The number of hydrogen-bond acceptors (Lipinski definition) is 3. The number of fused-ring (bicyclic) bond motifs is 1. The van der Waals surface area contributed by atoms with E-state index in [-0.39, 0.29) is 0 Å². The molecule has 0 saturated heterocycles. The molecule has 1 atom stereocenters. The van der Waals surface area contributed by atoms with Gasteiger partial charge >= 0.3 is 0 Å². The molecule has 0 amide bonds. The van der Waals surface area contributed by atoms with Crippen molar-refractivity contribution in [3.05, 3.63) is 65.7 Å². The molecule has 3 aromatic rings. The predicted molar refractivity (Wildman–Crippen MR) is 73.9 cm³/mol. The molecule has 0 aliphatic carbocycles. The van der Waals surface area contributed by atoms with Gasteiger partial charge in [-0.25, -0.2) is 0 Å². The maximum Gasteiger partial charge on any atom is 0.109 e. The van der Waals surface area contributed by atoms with E-state index in [1.54, 1.807) is 12.5 Å². The molecule has 1 N–H and O–H groups in total. The molecule has 0 aliphatic heterocycles. The van der Waals surface area contributed by atoms with E-state index in [0.717, 1.165) is 34.2 Å². The molecule has 0 bridgehead atoms. The summed E-state index contributed by atoms with van der Waals surface area (Å²) in [6.07, 6.45) is 3.41. The van der Waals surface area contributed by atoms with Gasteiger partial charge in [0.25, 0.3) is 0 Å². The Labute approximate surface area is 111 Å². The fraction of sp³-hybridized carbons (Fsp3) is 0.188. The maximum atomic E-state index is 10.5. The smallest absolute Gasteiger partial charge is 0.109 e. The van der Waals surface area contributed by atoms with Crippen LogP contribution >= 0.6 is 0 Å². The Morgan fingerprint density at radius 3 is 2.95 bits per heavy atom. The number of pyridine rings is 1. The molecule has 3 rings (SSSR count). The highest BCUT2D eigenvalue weighted by Crippen LogP contribution is 2.27. The third kappa shape index (κ3) is 2.13. The standard InChI is InChI=1S/C16H15NO2/c1-2-15-13(7-8-19-15)16(18)12-9-11-5-3-4-6-14(11)17-10-12/h3-10,16,18H,2H2,1H3. The largest absolute Gasteiger partial charge is 0.469 e. The minimum Gasteiger partial charge on any atom is -0.469 e. The van der Waals surface area contributed by atoms with E-state index in [1.165, 1.54) is 0 Å². The van der Waals surface area contributed by atoms with Crippen molar-refractivity contribution in [2.24, 2.45) is 0 Å². The second-order valence-corrected chi connectivity index (χ2v) is 4.52. The van der Waals surface area contributed by atoms with E-state index < -0.39 is 6.10 Å². The zero-order valence-corrected chi connectivity index (χ0v) is 10.7. The average molecular weight is 253 g/mol. The molecule has 19 heavy (non-hydrogen) atoms. The van der Waals surface area contributed by atoms with Crippen molar-refractivity contribution >= 4 is 10.9 Å². The quantitative estimate of drug-likeness (QED) is 0.777. The summed E-state index contributed by atoms with van der Waals surface area (Å²) in [7, 11) is 0. The lowest BCUT2D eigenvalue weighted by molar-refractivity contribution is 0.217. The van der Waals surface area contributed by atoms with E-state index in [4.69, 9.17) is 4.42 Å². The van der Waals surface area contributed by atoms with Crippen LogP contribution < -0.4 is 0 Å². The molecule has 0 spiro atoms. The van der Waals surface area contributed by atoms with Gasteiger partial charge in [-0.1, -0.05) is 25.1 Å². The number of hydrogen-bond donors (Lipinski definition) is 1. The van der Waals surface area contributed by atoms with Crippen molar-refractivity contribution in [1.29, 1.82) is 0 Å². The lowest BCUT2D eigenvalue weighted by Gasteiger charge is -2.11. The number of aryl methyl sites for hydroxylation is 1. The van der Waals surface area contributed by atoms with Gasteiger partial charge in [0.05, 0.1) is 11.8 Å². The summed E-state index contributed by atoms with van der Waals surface area (Å²) in [5.74, 6) is 0.820. The first-order valence-corrected chi connectivity index (χ1v) is 6.38. The first kappa shape index (κ1) is 11.9. The second kappa shape index (κ2) is 4.86. The maximum absolute atomic E-state index is 10.5. The van der Waals surface area contributed by atoms with Crippen molar-refractivity contribution in [3.63, 3.8) is 0 Å². The Bertz CT molecular complexity index is 703. The van der Waals surface area contributed by atoms with Gasteiger partial charge in [0.2, 0.25) is 0 Å². The van der Waals surface area contributed by atoms with Crippen LogP contribution in [0, 0.1) is 0 Å².